The van der Waals surface area contributed by atoms with Gasteiger partial charge in [0.25, 0.3) is 0 Å². The van der Waals surface area contributed by atoms with Crippen LogP contribution in [0.2, 0.25) is 0 Å². The van der Waals surface area contributed by atoms with Crippen LogP contribution >= 0.6 is 0 Å². The van der Waals surface area contributed by atoms with Gasteiger partial charge in [0.2, 0.25) is 5.88 Å². The zero-order valence-electron chi connectivity index (χ0n) is 10.1. The van der Waals surface area contributed by atoms with Crippen molar-refractivity contribution in [2.45, 2.75) is 0 Å². The summed E-state index contributed by atoms with van der Waals surface area (Å²) in [6.45, 7) is 0. The summed E-state index contributed by atoms with van der Waals surface area (Å²) >= 11 is 0. The number of nitrogen functional groups attached to an aromatic ring is 1. The highest BCUT2D eigenvalue weighted by Crippen LogP contribution is 2.29. The minimum absolute atomic E-state index is 0.0129. The smallest absolute Gasteiger partial charge is 0.235 e. The lowest BCUT2D eigenvalue weighted by Gasteiger charge is -2.08. The van der Waals surface area contributed by atoms with Gasteiger partial charge in [0.05, 0.1) is 0 Å². The lowest BCUT2D eigenvalue weighted by atomic mass is 10.2. The summed E-state index contributed by atoms with van der Waals surface area (Å²) in [6, 6.07) is 4.58. The van der Waals surface area contributed by atoms with E-state index in [1.165, 1.54) is 12.1 Å². The molecule has 0 saturated carbocycles. The van der Waals surface area contributed by atoms with E-state index in [4.69, 9.17) is 10.5 Å². The minimum atomic E-state index is -0.575. The second-order valence-corrected chi connectivity index (χ2v) is 4.05. The van der Waals surface area contributed by atoms with Gasteiger partial charge in [-0.2, -0.15) is 0 Å². The van der Waals surface area contributed by atoms with E-state index in [9.17, 15) is 9.18 Å². The molecule has 0 radical (unpaired) electrons. The van der Waals surface area contributed by atoms with E-state index < -0.39 is 5.82 Å². The summed E-state index contributed by atoms with van der Waals surface area (Å²) in [6.07, 6.45) is 3.30. The van der Waals surface area contributed by atoms with E-state index >= 15 is 0 Å². The number of nitrogens with two attached hydrogens (primary N) is 1. The van der Waals surface area contributed by atoms with Crippen molar-refractivity contribution in [2.75, 3.05) is 5.73 Å². The Labute approximate surface area is 112 Å². The van der Waals surface area contributed by atoms with Crippen molar-refractivity contribution in [3.05, 3.63) is 42.1 Å². The van der Waals surface area contributed by atoms with Crippen LogP contribution in [-0.4, -0.2) is 21.2 Å². The molecule has 3 aromatic rings. The minimum Gasteiger partial charge on any atom is -0.435 e. The Morgan fingerprint density at radius 2 is 2.20 bits per heavy atom. The number of nitrogens with zero attached hydrogens (tertiary/aromatic N) is 2. The number of halogens is 1. The van der Waals surface area contributed by atoms with Gasteiger partial charge in [0.1, 0.15) is 17.7 Å². The predicted molar refractivity (Wildman–Crippen MR) is 70.2 cm³/mol. The number of aldehydes is 1. The van der Waals surface area contributed by atoms with Crippen LogP contribution < -0.4 is 10.5 Å². The van der Waals surface area contributed by atoms with Crippen molar-refractivity contribution in [1.82, 2.24) is 15.0 Å². The summed E-state index contributed by atoms with van der Waals surface area (Å²) in [7, 11) is 0. The lowest BCUT2D eigenvalue weighted by Crippen LogP contribution is -2.02. The Morgan fingerprint density at radius 1 is 1.35 bits per heavy atom. The number of aromatic amines is 1. The fourth-order valence-electron chi connectivity index (χ4n) is 1.82. The number of benzene rings is 1. The van der Waals surface area contributed by atoms with Gasteiger partial charge in [0.15, 0.2) is 17.9 Å². The molecule has 0 aliphatic heterocycles. The van der Waals surface area contributed by atoms with Crippen LogP contribution in [0.4, 0.5) is 10.2 Å². The average Bonchev–Trinajstić information content (AvgIpc) is 2.86. The van der Waals surface area contributed by atoms with Crippen molar-refractivity contribution in [3.8, 4) is 11.6 Å². The van der Waals surface area contributed by atoms with Crippen molar-refractivity contribution < 1.29 is 13.9 Å². The standard InChI is InChI=1S/C13H9FN4O2/c14-9-4-10-7(1-2-16-10)3-11(9)20-13-8(5-19)12(15)17-6-18-13/h1-6,16H,(H2,15,17,18). The van der Waals surface area contributed by atoms with E-state index in [1.807, 2.05) is 0 Å². The van der Waals surface area contributed by atoms with Gasteiger partial charge in [0, 0.05) is 23.2 Å². The van der Waals surface area contributed by atoms with E-state index in [0.29, 0.717) is 11.8 Å². The first kappa shape index (κ1) is 12.1. The molecule has 20 heavy (non-hydrogen) atoms. The van der Waals surface area contributed by atoms with Gasteiger partial charge in [-0.15, -0.1) is 0 Å². The number of aromatic nitrogens is 3. The molecule has 2 heterocycles. The third-order valence-corrected chi connectivity index (χ3v) is 2.81. The molecule has 0 aliphatic rings. The molecule has 100 valence electrons. The molecule has 2 aromatic heterocycles. The number of ether oxygens (including phenoxy) is 1. The Bertz CT molecular complexity index is 800. The zero-order chi connectivity index (χ0) is 14.1. The summed E-state index contributed by atoms with van der Waals surface area (Å²) < 4.78 is 19.2. The first-order valence-corrected chi connectivity index (χ1v) is 5.69. The number of carbonyl (C=O) groups excluding carboxylic acids is 1. The van der Waals surface area contributed by atoms with Crippen LogP contribution in [0.3, 0.4) is 0 Å². The third kappa shape index (κ3) is 1.95. The Kier molecular flexibility index (Phi) is 2.79. The number of rotatable bonds is 3. The summed E-state index contributed by atoms with van der Waals surface area (Å²) in [4.78, 5) is 21.3. The van der Waals surface area contributed by atoms with Crippen LogP contribution in [0, 0.1) is 5.82 Å². The van der Waals surface area contributed by atoms with Gasteiger partial charge in [-0.05, 0) is 12.1 Å². The van der Waals surface area contributed by atoms with Crippen molar-refractivity contribution in [2.24, 2.45) is 0 Å². The number of H-pyrrole nitrogens is 1. The maximum atomic E-state index is 13.9. The zero-order valence-corrected chi connectivity index (χ0v) is 10.1. The van der Waals surface area contributed by atoms with Gasteiger partial charge in [-0.1, -0.05) is 0 Å². The molecular formula is C13H9FN4O2. The van der Waals surface area contributed by atoms with E-state index in [1.54, 1.807) is 12.3 Å². The number of nitrogens with one attached hydrogen (secondary N) is 1. The number of anilines is 1. The summed E-state index contributed by atoms with van der Waals surface area (Å²) in [5, 5.41) is 0.774. The highest BCUT2D eigenvalue weighted by molar-refractivity contribution is 5.85. The fraction of sp³-hybridized carbons (Fsp3) is 0. The van der Waals surface area contributed by atoms with Crippen LogP contribution in [0.1, 0.15) is 10.4 Å². The fourth-order valence-corrected chi connectivity index (χ4v) is 1.82. The van der Waals surface area contributed by atoms with Crippen molar-refractivity contribution in [3.63, 3.8) is 0 Å². The molecule has 0 aliphatic carbocycles. The predicted octanol–water partition coefficient (Wildman–Crippen LogP) is 2.28. The van der Waals surface area contributed by atoms with Crippen LogP contribution in [0.5, 0.6) is 11.6 Å². The quantitative estimate of drug-likeness (QED) is 0.713. The van der Waals surface area contributed by atoms with Crippen LogP contribution in [0.15, 0.2) is 30.7 Å². The van der Waals surface area contributed by atoms with E-state index in [2.05, 4.69) is 15.0 Å². The third-order valence-electron chi connectivity index (χ3n) is 2.81. The number of carbonyl (C=O) groups is 1. The molecule has 0 atom stereocenters. The Morgan fingerprint density at radius 3 is 3.00 bits per heavy atom. The first-order valence-electron chi connectivity index (χ1n) is 5.69. The molecule has 0 unspecified atom stereocenters. The largest absolute Gasteiger partial charge is 0.435 e. The van der Waals surface area contributed by atoms with Crippen LogP contribution in [0.25, 0.3) is 10.9 Å². The van der Waals surface area contributed by atoms with Crippen molar-refractivity contribution >= 4 is 23.0 Å². The second-order valence-electron chi connectivity index (χ2n) is 4.05. The topological polar surface area (TPSA) is 93.9 Å². The van der Waals surface area contributed by atoms with Gasteiger partial charge in [-0.25, -0.2) is 14.4 Å². The Balaban J connectivity index is 2.07. The molecule has 3 rings (SSSR count). The van der Waals surface area contributed by atoms with Crippen LogP contribution in [-0.2, 0) is 0 Å². The van der Waals surface area contributed by atoms with Gasteiger partial charge < -0.3 is 15.5 Å². The second kappa shape index (κ2) is 4.61. The first-order chi connectivity index (χ1) is 9.69. The van der Waals surface area contributed by atoms with Gasteiger partial charge in [-0.3, -0.25) is 4.79 Å². The molecule has 1 aromatic carbocycles. The molecule has 0 saturated heterocycles. The highest BCUT2D eigenvalue weighted by Gasteiger charge is 2.14. The van der Waals surface area contributed by atoms with Crippen molar-refractivity contribution in [1.29, 1.82) is 0 Å². The van der Waals surface area contributed by atoms with Gasteiger partial charge >= 0.3 is 0 Å². The number of hydrogen-bond donors (Lipinski definition) is 2. The molecular weight excluding hydrogens is 263 g/mol. The normalized spacial score (nSPS) is 10.7. The molecule has 0 spiro atoms. The number of hydrogen-bond acceptors (Lipinski definition) is 5. The maximum Gasteiger partial charge on any atom is 0.235 e. The molecule has 7 heteroatoms. The molecule has 0 amide bonds. The molecule has 0 bridgehead atoms. The monoisotopic (exact) mass is 272 g/mol. The average molecular weight is 272 g/mol. The molecule has 0 fully saturated rings. The van der Waals surface area contributed by atoms with E-state index in [-0.39, 0.29) is 23.0 Å². The molecule has 6 nitrogen and oxygen atoms in total. The highest BCUT2D eigenvalue weighted by atomic mass is 19.1. The summed E-state index contributed by atoms with van der Waals surface area (Å²) in [5.74, 6) is -0.721. The molecule has 3 N–H and O–H groups in total. The van der Waals surface area contributed by atoms with E-state index in [0.717, 1.165) is 11.7 Å². The number of fused-ring (bicyclic) bond motifs is 1. The summed E-state index contributed by atoms with van der Waals surface area (Å²) in [5.41, 5.74) is 6.17. The lowest BCUT2D eigenvalue weighted by molar-refractivity contribution is 0.112. The maximum absolute atomic E-state index is 13.9. The Hall–Kier alpha value is -2.96. The SMILES string of the molecule is Nc1ncnc(Oc2cc3cc[nH]c3cc2F)c1C=O.